The Hall–Kier alpha value is -3.18. The Morgan fingerprint density at radius 1 is 1.36 bits per heavy atom. The molecule has 0 saturated heterocycles. The number of ether oxygens (including phenoxy) is 1. The van der Waals surface area contributed by atoms with Crippen LogP contribution in [0.15, 0.2) is 30.0 Å². The summed E-state index contributed by atoms with van der Waals surface area (Å²) in [4.78, 5) is 23.8. The number of benzene rings is 1. The van der Waals surface area contributed by atoms with Crippen molar-refractivity contribution in [3.63, 3.8) is 0 Å². The van der Waals surface area contributed by atoms with Gasteiger partial charge < -0.3 is 14.8 Å². The molecule has 3 rings (SSSR count). The van der Waals surface area contributed by atoms with Gasteiger partial charge in [-0.3, -0.25) is 0 Å². The minimum Gasteiger partial charge on any atom is -0.507 e. The second kappa shape index (κ2) is 6.75. The summed E-state index contributed by atoms with van der Waals surface area (Å²) in [6.45, 7) is 3.08. The zero-order chi connectivity index (χ0) is 18.0. The van der Waals surface area contributed by atoms with Crippen molar-refractivity contribution in [2.75, 3.05) is 6.61 Å². The monoisotopic (exact) mass is 354 g/mol. The van der Waals surface area contributed by atoms with E-state index >= 15 is 0 Å². The highest BCUT2D eigenvalue weighted by atomic mass is 32.1. The molecular formula is C17H14N4O3S. The number of hydrogen-bond donors (Lipinski definition) is 2. The maximum absolute atomic E-state index is 12.1. The lowest BCUT2D eigenvalue weighted by atomic mass is 10.2. The van der Waals surface area contributed by atoms with E-state index < -0.39 is 12.6 Å². The van der Waals surface area contributed by atoms with Crippen molar-refractivity contribution in [3.05, 3.63) is 51.4 Å². The number of nitriles is 1. The summed E-state index contributed by atoms with van der Waals surface area (Å²) in [5.41, 5.74) is 1.92. The van der Waals surface area contributed by atoms with Gasteiger partial charge in [0.2, 0.25) is 0 Å². The van der Waals surface area contributed by atoms with Gasteiger partial charge in [-0.25, -0.2) is 14.8 Å². The maximum atomic E-state index is 12.1. The Bertz CT molecular complexity index is 993. The molecule has 3 aromatic rings. The summed E-state index contributed by atoms with van der Waals surface area (Å²) >= 11 is 1.22. The van der Waals surface area contributed by atoms with Crippen molar-refractivity contribution in [2.24, 2.45) is 0 Å². The third kappa shape index (κ3) is 3.36. The molecule has 0 aliphatic heterocycles. The summed E-state index contributed by atoms with van der Waals surface area (Å²) in [5.74, 6) is -0.729. The molecule has 0 amide bonds. The van der Waals surface area contributed by atoms with E-state index in [2.05, 4.69) is 15.0 Å². The van der Waals surface area contributed by atoms with Gasteiger partial charge in [0.25, 0.3) is 0 Å². The van der Waals surface area contributed by atoms with Crippen LogP contribution >= 0.6 is 11.3 Å². The Kier molecular flexibility index (Phi) is 4.50. The van der Waals surface area contributed by atoms with Gasteiger partial charge in [0.1, 0.15) is 23.1 Å². The summed E-state index contributed by atoms with van der Waals surface area (Å²) < 4.78 is 5.09. The molecule has 0 unspecified atom stereocenters. The molecule has 0 saturated carbocycles. The highest BCUT2D eigenvalue weighted by molar-refractivity contribution is 7.13. The smallest absolute Gasteiger partial charge is 0.350 e. The van der Waals surface area contributed by atoms with Crippen LogP contribution in [0.1, 0.15) is 26.2 Å². The minimum absolute atomic E-state index is 0.0683. The van der Waals surface area contributed by atoms with E-state index in [1.165, 1.54) is 11.3 Å². The number of carbonyl (C=O) groups is 1. The average molecular weight is 354 g/mol. The first-order valence-electron chi connectivity index (χ1n) is 7.38. The van der Waals surface area contributed by atoms with Crippen molar-refractivity contribution < 1.29 is 14.6 Å². The molecule has 2 N–H and O–H groups in total. The Morgan fingerprint density at radius 2 is 2.12 bits per heavy atom. The quantitative estimate of drug-likeness (QED) is 0.422. The standard InChI is InChI=1S/C17H14N4O3S/c1-9-15(25-10(2)19-9)17(23)24-8-14(22)11(7-18)16-20-12-5-3-4-6-13(12)21-16/h3-6,22H,8H2,1-2H3,(H,20,21)/b14-11-. The number of allylic oxidation sites excluding steroid dienone is 1. The number of aryl methyl sites for hydroxylation is 2. The van der Waals surface area contributed by atoms with E-state index in [1.54, 1.807) is 19.9 Å². The number of aromatic amines is 1. The number of hydrogen-bond acceptors (Lipinski definition) is 7. The maximum Gasteiger partial charge on any atom is 0.350 e. The van der Waals surface area contributed by atoms with Gasteiger partial charge in [-0.15, -0.1) is 11.3 Å². The first kappa shape index (κ1) is 16.7. The zero-order valence-corrected chi connectivity index (χ0v) is 14.3. The number of esters is 1. The van der Waals surface area contributed by atoms with Crippen molar-refractivity contribution in [2.45, 2.75) is 13.8 Å². The molecule has 0 atom stereocenters. The SMILES string of the molecule is Cc1nc(C)c(C(=O)OC/C(O)=C(\C#N)c2nc3ccccc3[nH]2)s1. The van der Waals surface area contributed by atoms with Crippen LogP contribution in [0.4, 0.5) is 0 Å². The minimum atomic E-state index is -0.587. The number of carbonyl (C=O) groups excluding carboxylic acids is 1. The number of thiazole rings is 1. The molecule has 1 aromatic carbocycles. The third-order valence-corrected chi connectivity index (χ3v) is 4.51. The summed E-state index contributed by atoms with van der Waals surface area (Å²) in [6, 6.07) is 9.15. The lowest BCUT2D eigenvalue weighted by molar-refractivity contribution is 0.0507. The first-order chi connectivity index (χ1) is 12.0. The fourth-order valence-electron chi connectivity index (χ4n) is 2.32. The van der Waals surface area contributed by atoms with Crippen LogP contribution in [0.3, 0.4) is 0 Å². The molecule has 7 nitrogen and oxygen atoms in total. The molecule has 2 aromatic heterocycles. The van der Waals surface area contributed by atoms with Crippen LogP contribution < -0.4 is 0 Å². The zero-order valence-electron chi connectivity index (χ0n) is 13.5. The number of fused-ring (bicyclic) bond motifs is 1. The molecule has 0 fully saturated rings. The van der Waals surface area contributed by atoms with Gasteiger partial charge in [-0.05, 0) is 26.0 Å². The summed E-state index contributed by atoms with van der Waals surface area (Å²) in [6.07, 6.45) is 0. The van der Waals surface area contributed by atoms with Gasteiger partial charge in [0.05, 0.1) is 21.7 Å². The van der Waals surface area contributed by atoms with E-state index in [4.69, 9.17) is 4.74 Å². The van der Waals surface area contributed by atoms with Crippen molar-refractivity contribution in [3.8, 4) is 6.07 Å². The van der Waals surface area contributed by atoms with E-state index in [-0.39, 0.29) is 17.2 Å². The van der Waals surface area contributed by atoms with Crippen LogP contribution in [0.2, 0.25) is 0 Å². The van der Waals surface area contributed by atoms with Crippen molar-refractivity contribution >= 4 is 33.9 Å². The molecule has 0 radical (unpaired) electrons. The Morgan fingerprint density at radius 3 is 2.76 bits per heavy atom. The van der Waals surface area contributed by atoms with Crippen LogP contribution in [-0.4, -0.2) is 32.6 Å². The Balaban J connectivity index is 1.81. The number of nitrogens with zero attached hydrogens (tertiary/aromatic N) is 3. The lowest BCUT2D eigenvalue weighted by Gasteiger charge is -2.04. The third-order valence-electron chi connectivity index (χ3n) is 3.46. The number of aliphatic hydroxyl groups excluding tert-OH is 1. The second-order valence-electron chi connectivity index (χ2n) is 5.26. The largest absolute Gasteiger partial charge is 0.507 e. The topological polar surface area (TPSA) is 112 Å². The normalized spacial score (nSPS) is 11.9. The molecule has 8 heteroatoms. The van der Waals surface area contributed by atoms with Gasteiger partial charge in [-0.2, -0.15) is 5.26 Å². The number of aromatic nitrogens is 3. The molecule has 2 heterocycles. The molecular weight excluding hydrogens is 340 g/mol. The molecule has 25 heavy (non-hydrogen) atoms. The number of nitrogens with one attached hydrogen (secondary N) is 1. The number of aliphatic hydroxyl groups is 1. The van der Waals surface area contributed by atoms with E-state index in [0.717, 1.165) is 10.5 Å². The Labute approximate surface area is 147 Å². The summed E-state index contributed by atoms with van der Waals surface area (Å²) in [7, 11) is 0. The fourth-order valence-corrected chi connectivity index (χ4v) is 3.13. The molecule has 0 aliphatic rings. The average Bonchev–Trinajstić information content (AvgIpc) is 3.15. The molecule has 0 spiro atoms. The van der Waals surface area contributed by atoms with E-state index in [9.17, 15) is 15.2 Å². The predicted octanol–water partition coefficient (Wildman–Crippen LogP) is 3.29. The molecule has 126 valence electrons. The van der Waals surface area contributed by atoms with Gasteiger partial charge >= 0.3 is 5.97 Å². The first-order valence-corrected chi connectivity index (χ1v) is 8.19. The highest BCUT2D eigenvalue weighted by Crippen LogP contribution is 2.21. The van der Waals surface area contributed by atoms with Crippen LogP contribution in [0.5, 0.6) is 0 Å². The summed E-state index contributed by atoms with van der Waals surface area (Å²) in [5, 5.41) is 20.2. The van der Waals surface area contributed by atoms with Gasteiger partial charge in [-0.1, -0.05) is 12.1 Å². The number of H-pyrrole nitrogens is 1. The molecule has 0 bridgehead atoms. The van der Waals surface area contributed by atoms with Crippen molar-refractivity contribution in [1.82, 2.24) is 15.0 Å². The van der Waals surface area contributed by atoms with Crippen LogP contribution in [0, 0.1) is 25.2 Å². The van der Waals surface area contributed by atoms with Gasteiger partial charge in [0.15, 0.2) is 11.6 Å². The van der Waals surface area contributed by atoms with Crippen LogP contribution in [-0.2, 0) is 4.74 Å². The number of rotatable bonds is 4. The van der Waals surface area contributed by atoms with Crippen LogP contribution in [0.25, 0.3) is 16.6 Å². The van der Waals surface area contributed by atoms with E-state index in [0.29, 0.717) is 16.1 Å². The number of imidazole rings is 1. The lowest BCUT2D eigenvalue weighted by Crippen LogP contribution is -2.09. The number of para-hydroxylation sites is 2. The van der Waals surface area contributed by atoms with Gasteiger partial charge in [0, 0.05) is 0 Å². The second-order valence-corrected chi connectivity index (χ2v) is 6.46. The fraction of sp³-hybridized carbons (Fsp3) is 0.176. The predicted molar refractivity (Wildman–Crippen MR) is 93.1 cm³/mol. The van der Waals surface area contributed by atoms with Crippen molar-refractivity contribution in [1.29, 1.82) is 5.26 Å². The molecule has 0 aliphatic carbocycles. The highest BCUT2D eigenvalue weighted by Gasteiger charge is 2.18. The van der Waals surface area contributed by atoms with E-state index in [1.807, 2.05) is 24.3 Å².